The van der Waals surface area contributed by atoms with Gasteiger partial charge in [-0.05, 0) is 18.1 Å². The summed E-state index contributed by atoms with van der Waals surface area (Å²) in [6, 6.07) is 9.76. The molecule has 1 amide bonds. The molecule has 0 saturated heterocycles. The van der Waals surface area contributed by atoms with Gasteiger partial charge in [0.1, 0.15) is 0 Å². The van der Waals surface area contributed by atoms with Gasteiger partial charge >= 0.3 is 0 Å². The fourth-order valence-electron chi connectivity index (χ4n) is 1.35. The zero-order valence-electron chi connectivity index (χ0n) is 10.1. The lowest BCUT2D eigenvalue weighted by molar-refractivity contribution is -0.116. The van der Waals surface area contributed by atoms with Crippen LogP contribution in [0.25, 0.3) is 0 Å². The maximum Gasteiger partial charge on any atom is 0.244 e. The summed E-state index contributed by atoms with van der Waals surface area (Å²) >= 11 is 0. The van der Waals surface area contributed by atoms with Crippen molar-refractivity contribution in [3.8, 4) is 0 Å². The molecule has 0 radical (unpaired) electrons. The maximum atomic E-state index is 11.6. The van der Waals surface area contributed by atoms with E-state index in [-0.39, 0.29) is 5.91 Å². The zero-order chi connectivity index (χ0) is 12.7. The van der Waals surface area contributed by atoms with Crippen molar-refractivity contribution in [2.75, 3.05) is 6.54 Å². The Labute approximate surface area is 102 Å². The Morgan fingerprint density at radius 3 is 2.59 bits per heavy atom. The first-order valence-corrected chi connectivity index (χ1v) is 5.51. The van der Waals surface area contributed by atoms with Gasteiger partial charge in [-0.15, -0.1) is 0 Å². The molecule has 0 bridgehead atoms. The van der Waals surface area contributed by atoms with Crippen LogP contribution in [0.3, 0.4) is 0 Å². The van der Waals surface area contributed by atoms with Gasteiger partial charge in [0.25, 0.3) is 0 Å². The summed E-state index contributed by atoms with van der Waals surface area (Å²) in [5, 5.41) is 2.81. The van der Waals surface area contributed by atoms with Crippen LogP contribution >= 0.6 is 0 Å². The van der Waals surface area contributed by atoms with Gasteiger partial charge in [0.15, 0.2) is 0 Å². The molecule has 0 aromatic heterocycles. The van der Waals surface area contributed by atoms with Crippen molar-refractivity contribution >= 4 is 5.91 Å². The molecule has 3 N–H and O–H groups in total. The van der Waals surface area contributed by atoms with Gasteiger partial charge in [0, 0.05) is 19.2 Å². The van der Waals surface area contributed by atoms with Crippen LogP contribution in [0.15, 0.2) is 54.1 Å². The molecule has 3 nitrogen and oxygen atoms in total. The number of hydrogen-bond acceptors (Lipinski definition) is 2. The Morgan fingerprint density at radius 2 is 2.06 bits per heavy atom. The number of nitrogens with two attached hydrogens (primary N) is 1. The van der Waals surface area contributed by atoms with Crippen LogP contribution in [-0.2, 0) is 11.3 Å². The maximum absolute atomic E-state index is 11.6. The van der Waals surface area contributed by atoms with Gasteiger partial charge in [-0.25, -0.2) is 0 Å². The van der Waals surface area contributed by atoms with Crippen molar-refractivity contribution in [1.82, 2.24) is 5.32 Å². The average molecular weight is 230 g/mol. The van der Waals surface area contributed by atoms with E-state index in [1.165, 1.54) is 6.08 Å². The monoisotopic (exact) mass is 230 g/mol. The molecule has 3 heteroatoms. The number of rotatable bonds is 5. The molecule has 0 saturated carbocycles. The minimum atomic E-state index is -0.141. The second-order valence-corrected chi connectivity index (χ2v) is 3.86. The first-order chi connectivity index (χ1) is 8.13. The smallest absolute Gasteiger partial charge is 0.244 e. The van der Waals surface area contributed by atoms with Crippen LogP contribution in [-0.4, -0.2) is 12.5 Å². The molecule has 1 aromatic rings. The van der Waals surface area contributed by atoms with E-state index < -0.39 is 0 Å². The summed E-state index contributed by atoms with van der Waals surface area (Å²) < 4.78 is 0. The molecule has 0 fully saturated rings. The number of nitrogens with one attached hydrogen (secondary N) is 1. The Hall–Kier alpha value is -1.87. The highest BCUT2D eigenvalue weighted by molar-refractivity contribution is 5.88. The summed E-state index contributed by atoms with van der Waals surface area (Å²) in [4.78, 5) is 11.6. The van der Waals surface area contributed by atoms with Gasteiger partial charge in [-0.1, -0.05) is 42.5 Å². The standard InChI is InChI=1S/C14H18N2O/c1-11(2)13(9-15)8-14(17)16-10-12-6-4-3-5-7-12/h3-8H,1,9-10,15H2,2H3,(H,16,17)/b13-8-. The fourth-order valence-corrected chi connectivity index (χ4v) is 1.35. The van der Waals surface area contributed by atoms with Crippen LogP contribution < -0.4 is 11.1 Å². The van der Waals surface area contributed by atoms with Gasteiger partial charge in [0.2, 0.25) is 5.91 Å². The van der Waals surface area contributed by atoms with E-state index in [0.717, 1.165) is 16.7 Å². The van der Waals surface area contributed by atoms with Crippen LogP contribution in [0.4, 0.5) is 0 Å². The third kappa shape index (κ3) is 4.66. The van der Waals surface area contributed by atoms with E-state index in [0.29, 0.717) is 13.1 Å². The van der Waals surface area contributed by atoms with E-state index >= 15 is 0 Å². The predicted molar refractivity (Wildman–Crippen MR) is 70.2 cm³/mol. The topological polar surface area (TPSA) is 55.1 Å². The fraction of sp³-hybridized carbons (Fsp3) is 0.214. The molecule has 0 heterocycles. The minimum Gasteiger partial charge on any atom is -0.348 e. The molecule has 0 aliphatic carbocycles. The molecule has 1 aromatic carbocycles. The van der Waals surface area contributed by atoms with Crippen molar-refractivity contribution in [2.24, 2.45) is 5.73 Å². The zero-order valence-corrected chi connectivity index (χ0v) is 10.1. The largest absolute Gasteiger partial charge is 0.348 e. The summed E-state index contributed by atoms with van der Waals surface area (Å²) in [7, 11) is 0. The Bertz CT molecular complexity index is 421. The van der Waals surface area contributed by atoms with E-state index in [1.54, 1.807) is 0 Å². The van der Waals surface area contributed by atoms with Crippen LogP contribution in [0.2, 0.25) is 0 Å². The number of hydrogen-bond donors (Lipinski definition) is 2. The SMILES string of the molecule is C=C(C)/C(=C\C(=O)NCc1ccccc1)CN. The number of benzene rings is 1. The van der Waals surface area contributed by atoms with Crippen molar-refractivity contribution in [3.63, 3.8) is 0 Å². The third-order valence-electron chi connectivity index (χ3n) is 2.38. The van der Waals surface area contributed by atoms with Crippen molar-refractivity contribution in [1.29, 1.82) is 0 Å². The summed E-state index contributed by atoms with van der Waals surface area (Å²) in [6.07, 6.45) is 1.51. The molecule has 17 heavy (non-hydrogen) atoms. The van der Waals surface area contributed by atoms with Crippen molar-refractivity contribution < 1.29 is 4.79 Å². The number of carbonyl (C=O) groups is 1. The molecule has 0 atom stereocenters. The first-order valence-electron chi connectivity index (χ1n) is 5.51. The van der Waals surface area contributed by atoms with E-state index in [1.807, 2.05) is 37.3 Å². The molecule has 0 aliphatic heterocycles. The van der Waals surface area contributed by atoms with E-state index in [9.17, 15) is 4.79 Å². The molecular weight excluding hydrogens is 212 g/mol. The van der Waals surface area contributed by atoms with Gasteiger partial charge in [-0.2, -0.15) is 0 Å². The molecule has 90 valence electrons. The highest BCUT2D eigenvalue weighted by atomic mass is 16.1. The Balaban J connectivity index is 2.53. The molecule has 0 aliphatic rings. The second-order valence-electron chi connectivity index (χ2n) is 3.86. The first kappa shape index (κ1) is 13.2. The number of carbonyl (C=O) groups excluding carboxylic acids is 1. The normalized spacial score (nSPS) is 11.1. The molecule has 0 unspecified atom stereocenters. The van der Waals surface area contributed by atoms with Crippen LogP contribution in [0.5, 0.6) is 0 Å². The van der Waals surface area contributed by atoms with Crippen molar-refractivity contribution in [2.45, 2.75) is 13.5 Å². The molecular formula is C14H18N2O. The predicted octanol–water partition coefficient (Wildman–Crippen LogP) is 1.76. The van der Waals surface area contributed by atoms with E-state index in [4.69, 9.17) is 5.73 Å². The van der Waals surface area contributed by atoms with Gasteiger partial charge < -0.3 is 11.1 Å². The third-order valence-corrected chi connectivity index (χ3v) is 2.38. The lowest BCUT2D eigenvalue weighted by atomic mass is 10.1. The van der Waals surface area contributed by atoms with E-state index in [2.05, 4.69) is 11.9 Å². The average Bonchev–Trinajstić information content (AvgIpc) is 2.34. The summed E-state index contributed by atoms with van der Waals surface area (Å²) in [5.74, 6) is -0.141. The summed E-state index contributed by atoms with van der Waals surface area (Å²) in [6.45, 7) is 6.45. The molecule has 1 rings (SSSR count). The van der Waals surface area contributed by atoms with Crippen molar-refractivity contribution in [3.05, 3.63) is 59.7 Å². The number of amides is 1. The molecule has 0 spiro atoms. The highest BCUT2D eigenvalue weighted by Crippen LogP contribution is 2.04. The second kappa shape index (κ2) is 6.66. The summed E-state index contributed by atoms with van der Waals surface area (Å²) in [5.41, 5.74) is 8.18. The quantitative estimate of drug-likeness (QED) is 0.598. The Kier molecular flexibility index (Phi) is 5.17. The highest BCUT2D eigenvalue weighted by Gasteiger charge is 2.01. The van der Waals surface area contributed by atoms with Crippen LogP contribution in [0.1, 0.15) is 12.5 Å². The lowest BCUT2D eigenvalue weighted by Crippen LogP contribution is -2.21. The Morgan fingerprint density at radius 1 is 1.41 bits per heavy atom. The van der Waals surface area contributed by atoms with Crippen LogP contribution in [0, 0.1) is 0 Å². The van der Waals surface area contributed by atoms with Gasteiger partial charge in [-0.3, -0.25) is 4.79 Å². The lowest BCUT2D eigenvalue weighted by Gasteiger charge is -2.05. The minimum absolute atomic E-state index is 0.141. The van der Waals surface area contributed by atoms with Gasteiger partial charge in [0.05, 0.1) is 0 Å².